The van der Waals surface area contributed by atoms with Crippen molar-refractivity contribution in [3.63, 3.8) is 0 Å². The molecule has 264 valence electrons. The minimum atomic E-state index is -1.27. The summed E-state index contributed by atoms with van der Waals surface area (Å²) in [5.74, 6) is -2.50. The molecule has 6 rings (SSSR count). The molecule has 53 heavy (non-hydrogen) atoms. The Kier molecular flexibility index (Phi) is 11.2. The summed E-state index contributed by atoms with van der Waals surface area (Å²) in [6, 6.07) is 36.1. The quantitative estimate of drug-likeness (QED) is 0.0651. The Hall–Kier alpha value is -6.42. The molecule has 0 amide bonds. The number of anilines is 3. The Morgan fingerprint density at radius 2 is 1.36 bits per heavy atom. The smallest absolute Gasteiger partial charge is 0.346 e. The third kappa shape index (κ3) is 7.77. The summed E-state index contributed by atoms with van der Waals surface area (Å²) >= 11 is 1.51. The Balaban J connectivity index is 1.47. The van der Waals surface area contributed by atoms with Gasteiger partial charge in [0.2, 0.25) is 0 Å². The third-order valence-electron chi connectivity index (χ3n) is 9.30. The molecule has 0 fully saturated rings. The van der Waals surface area contributed by atoms with Crippen molar-refractivity contribution in [2.75, 3.05) is 4.90 Å². The number of carbonyl (C=O) groups is 2. The van der Waals surface area contributed by atoms with E-state index in [-0.39, 0.29) is 11.1 Å². The van der Waals surface area contributed by atoms with Gasteiger partial charge in [-0.2, -0.15) is 10.5 Å². The van der Waals surface area contributed by atoms with Gasteiger partial charge in [0.15, 0.2) is 0 Å². The highest BCUT2D eigenvalue weighted by molar-refractivity contribution is 7.16. The normalized spacial score (nSPS) is 11.8. The molecule has 2 N–H and O–H groups in total. The summed E-state index contributed by atoms with van der Waals surface area (Å²) in [4.78, 5) is 27.1. The molecule has 0 aliphatic carbocycles. The van der Waals surface area contributed by atoms with Gasteiger partial charge in [-0.25, -0.2) is 9.59 Å². The van der Waals surface area contributed by atoms with Gasteiger partial charge in [-0.3, -0.25) is 0 Å². The van der Waals surface area contributed by atoms with E-state index in [2.05, 4.69) is 65.8 Å². The highest BCUT2D eigenvalue weighted by Crippen LogP contribution is 2.41. The summed E-state index contributed by atoms with van der Waals surface area (Å²) in [6.07, 6.45) is 8.03. The monoisotopic (exact) mass is 718 g/mol. The average Bonchev–Trinajstić information content (AvgIpc) is 3.72. The molecule has 2 heterocycles. The lowest BCUT2D eigenvalue weighted by atomic mass is 10.0. The van der Waals surface area contributed by atoms with Crippen LogP contribution in [0.3, 0.4) is 0 Å². The van der Waals surface area contributed by atoms with E-state index in [1.807, 2.05) is 48.5 Å². The fourth-order valence-corrected chi connectivity index (χ4v) is 7.85. The molecule has 0 unspecified atom stereocenters. The average molecular weight is 719 g/mol. The fourth-order valence-electron chi connectivity index (χ4n) is 6.70. The van der Waals surface area contributed by atoms with Crippen molar-refractivity contribution in [3.05, 3.63) is 124 Å². The standard InChI is InChI=1S/C44H38N4O4S/c1-3-5-6-8-11-30-24-41(53-42(30)25-33(28-46)44(51)52)31-16-20-39-37(23-31)38-26-36(19-21-40(38)47(39)4-2)48(34-12-9-7-10-13-34)35-17-14-29(15-18-35)22-32(27-45)43(49)50/h7,9-10,12-26H,3-6,8,11H2,1-2H3,(H,49,50)(H,51,52)/b32-22-,33-25-. The molecule has 0 bridgehead atoms. The number of aromatic nitrogens is 1. The number of para-hydroxylation sites is 1. The van der Waals surface area contributed by atoms with Crippen molar-refractivity contribution in [1.82, 2.24) is 4.57 Å². The van der Waals surface area contributed by atoms with E-state index < -0.39 is 11.9 Å². The predicted molar refractivity (Wildman–Crippen MR) is 213 cm³/mol. The number of nitrogens with zero attached hydrogens (tertiary/aromatic N) is 4. The predicted octanol–water partition coefficient (Wildman–Crippen LogP) is 11.1. The van der Waals surface area contributed by atoms with E-state index >= 15 is 0 Å². The van der Waals surface area contributed by atoms with Gasteiger partial charge in [-0.05, 0) is 109 Å². The molecular formula is C44H38N4O4S. The molecule has 6 aromatic rings. The largest absolute Gasteiger partial charge is 0.477 e. The molecule has 0 aliphatic rings. The molecule has 9 heteroatoms. The van der Waals surface area contributed by atoms with Crippen LogP contribution < -0.4 is 4.90 Å². The third-order valence-corrected chi connectivity index (χ3v) is 10.5. The molecule has 0 saturated heterocycles. The van der Waals surface area contributed by atoms with Gasteiger partial charge < -0.3 is 19.7 Å². The first kappa shape index (κ1) is 36.4. The zero-order valence-corrected chi connectivity index (χ0v) is 30.4. The topological polar surface area (TPSA) is 130 Å². The maximum absolute atomic E-state index is 11.7. The molecule has 0 saturated carbocycles. The summed E-state index contributed by atoms with van der Waals surface area (Å²) in [7, 11) is 0. The van der Waals surface area contributed by atoms with Crippen LogP contribution >= 0.6 is 11.3 Å². The highest BCUT2D eigenvalue weighted by atomic mass is 32.1. The number of hydrogen-bond acceptors (Lipinski definition) is 6. The lowest BCUT2D eigenvalue weighted by Gasteiger charge is -2.25. The van der Waals surface area contributed by atoms with Gasteiger partial charge in [-0.1, -0.05) is 62.6 Å². The zero-order chi connectivity index (χ0) is 37.5. The maximum Gasteiger partial charge on any atom is 0.346 e. The van der Waals surface area contributed by atoms with Crippen molar-refractivity contribution < 1.29 is 19.8 Å². The molecule has 4 aromatic carbocycles. The van der Waals surface area contributed by atoms with Crippen LogP contribution in [-0.4, -0.2) is 26.7 Å². The first-order valence-corrected chi connectivity index (χ1v) is 18.4. The van der Waals surface area contributed by atoms with Crippen LogP contribution in [0.15, 0.2) is 108 Å². The number of thiophene rings is 1. The number of rotatable bonds is 14. The zero-order valence-electron chi connectivity index (χ0n) is 29.5. The lowest BCUT2D eigenvalue weighted by molar-refractivity contribution is -0.133. The number of fused-ring (bicyclic) bond motifs is 3. The van der Waals surface area contributed by atoms with Crippen LogP contribution in [0, 0.1) is 22.7 Å². The summed E-state index contributed by atoms with van der Waals surface area (Å²) in [5, 5.41) is 39.8. The minimum absolute atomic E-state index is 0.275. The van der Waals surface area contributed by atoms with Gasteiger partial charge in [-0.15, -0.1) is 11.3 Å². The Morgan fingerprint density at radius 1 is 0.736 bits per heavy atom. The summed E-state index contributed by atoms with van der Waals surface area (Å²) < 4.78 is 2.30. The number of aliphatic carboxylic acids is 2. The SMILES string of the molecule is CCCCCCc1cc(-c2ccc3c(c2)c2cc(N(c4ccccc4)c4ccc(/C=C(/C#N)C(=O)O)cc4)ccc2n3CC)sc1/C=C(/C#N)C(=O)O. The Labute approximate surface area is 312 Å². The maximum atomic E-state index is 11.7. The number of aryl methyl sites for hydroxylation is 2. The van der Waals surface area contributed by atoms with E-state index in [1.54, 1.807) is 18.2 Å². The highest BCUT2D eigenvalue weighted by Gasteiger charge is 2.19. The van der Waals surface area contributed by atoms with Crippen LogP contribution in [0.25, 0.3) is 44.4 Å². The van der Waals surface area contributed by atoms with Crippen molar-refractivity contribution >= 4 is 74.3 Å². The van der Waals surface area contributed by atoms with Crippen molar-refractivity contribution in [2.45, 2.75) is 52.5 Å². The van der Waals surface area contributed by atoms with Crippen molar-refractivity contribution in [1.29, 1.82) is 10.5 Å². The minimum Gasteiger partial charge on any atom is -0.477 e. The molecule has 2 aromatic heterocycles. The van der Waals surface area contributed by atoms with Crippen molar-refractivity contribution in [2.24, 2.45) is 0 Å². The molecule has 0 spiro atoms. The number of carboxylic acids is 2. The van der Waals surface area contributed by atoms with Gasteiger partial charge in [0, 0.05) is 55.2 Å². The molecule has 0 atom stereocenters. The number of benzene rings is 4. The van der Waals surface area contributed by atoms with E-state index in [0.717, 1.165) is 98.4 Å². The second kappa shape index (κ2) is 16.3. The van der Waals surface area contributed by atoms with E-state index in [9.17, 15) is 30.3 Å². The second-order valence-electron chi connectivity index (χ2n) is 12.7. The van der Waals surface area contributed by atoms with Crippen LogP contribution in [0.2, 0.25) is 0 Å². The Bertz CT molecular complexity index is 2460. The number of hydrogen-bond donors (Lipinski definition) is 2. The second-order valence-corrected chi connectivity index (χ2v) is 13.8. The molecule has 8 nitrogen and oxygen atoms in total. The summed E-state index contributed by atoms with van der Waals surface area (Å²) in [5.41, 5.74) is 7.03. The van der Waals surface area contributed by atoms with E-state index in [4.69, 9.17) is 0 Å². The van der Waals surface area contributed by atoms with Gasteiger partial charge in [0.05, 0.1) is 0 Å². The lowest BCUT2D eigenvalue weighted by Crippen LogP contribution is -2.09. The van der Waals surface area contributed by atoms with Crippen LogP contribution in [-0.2, 0) is 22.6 Å². The van der Waals surface area contributed by atoms with Crippen LogP contribution in [0.1, 0.15) is 55.5 Å². The Morgan fingerprint density at radius 3 is 2.00 bits per heavy atom. The van der Waals surface area contributed by atoms with Crippen molar-refractivity contribution in [3.8, 4) is 22.6 Å². The molecule has 0 radical (unpaired) electrons. The summed E-state index contributed by atoms with van der Waals surface area (Å²) in [6.45, 7) is 5.08. The van der Waals surface area contributed by atoms with E-state index in [1.165, 1.54) is 23.5 Å². The van der Waals surface area contributed by atoms with Gasteiger partial charge in [0.25, 0.3) is 0 Å². The fraction of sp³-hybridized carbons (Fsp3) is 0.182. The van der Waals surface area contributed by atoms with Gasteiger partial charge >= 0.3 is 11.9 Å². The van der Waals surface area contributed by atoms with E-state index in [0.29, 0.717) is 5.56 Å². The first-order valence-electron chi connectivity index (χ1n) is 17.6. The van der Waals surface area contributed by atoms with Crippen LogP contribution in [0.5, 0.6) is 0 Å². The number of carboxylic acid groups (broad SMARTS) is 2. The van der Waals surface area contributed by atoms with Gasteiger partial charge in [0.1, 0.15) is 23.3 Å². The molecule has 0 aliphatic heterocycles. The number of unbranched alkanes of at least 4 members (excludes halogenated alkanes) is 3. The number of nitriles is 2. The molecular weight excluding hydrogens is 681 g/mol. The van der Waals surface area contributed by atoms with Crippen LogP contribution in [0.4, 0.5) is 17.1 Å². The first-order chi connectivity index (χ1) is 25.8.